The highest BCUT2D eigenvalue weighted by Crippen LogP contribution is 2.20. The lowest BCUT2D eigenvalue weighted by Gasteiger charge is -2.17. The average molecular weight is 573 g/mol. The molecule has 0 aromatic heterocycles. The van der Waals surface area contributed by atoms with Crippen molar-refractivity contribution in [3.8, 4) is 0 Å². The van der Waals surface area contributed by atoms with E-state index < -0.39 is 0 Å². The first-order valence-corrected chi connectivity index (χ1v) is 17.1. The Bertz CT molecular complexity index is 501. The van der Waals surface area contributed by atoms with Gasteiger partial charge in [-0.15, -0.1) is 0 Å². The molecule has 0 amide bonds. The summed E-state index contributed by atoms with van der Waals surface area (Å²) in [4.78, 5) is 12.2. The fraction of sp³-hybridized carbons (Fsp3) is 0.971. The van der Waals surface area contributed by atoms with Gasteiger partial charge in [-0.05, 0) is 37.5 Å². The second-order valence-corrected chi connectivity index (χ2v) is 11.4. The highest BCUT2D eigenvalue weighted by atomic mass is 16.6. The molecule has 40 heavy (non-hydrogen) atoms. The van der Waals surface area contributed by atoms with Crippen LogP contribution in [0.25, 0.3) is 0 Å². The Labute approximate surface area is 249 Å². The molecule has 2 unspecified atom stereocenters. The Kier molecular flexibility index (Phi) is 32.3. The third-order valence-corrected chi connectivity index (χ3v) is 7.59. The van der Waals surface area contributed by atoms with Crippen LogP contribution in [0.4, 0.5) is 0 Å². The highest BCUT2D eigenvalue weighted by Gasteiger charge is 2.12. The fourth-order valence-electron chi connectivity index (χ4n) is 4.79. The molecule has 0 aromatic carbocycles. The Morgan fingerprint density at radius 1 is 0.475 bits per heavy atom. The molecule has 0 spiro atoms. The minimum Gasteiger partial charge on any atom is -0.465 e. The molecule has 0 saturated heterocycles. The van der Waals surface area contributed by atoms with Gasteiger partial charge < -0.3 is 23.7 Å². The van der Waals surface area contributed by atoms with Crippen LogP contribution in [0.5, 0.6) is 0 Å². The van der Waals surface area contributed by atoms with Crippen molar-refractivity contribution in [3.63, 3.8) is 0 Å². The summed E-state index contributed by atoms with van der Waals surface area (Å²) in [6.07, 6.45) is 21.4. The van der Waals surface area contributed by atoms with Gasteiger partial charge in [-0.1, -0.05) is 111 Å². The summed E-state index contributed by atoms with van der Waals surface area (Å²) in [6.45, 7) is 14.4. The molecule has 0 radical (unpaired) electrons. The first-order valence-electron chi connectivity index (χ1n) is 17.1. The molecule has 0 aliphatic rings. The van der Waals surface area contributed by atoms with E-state index in [1.807, 2.05) is 0 Å². The topological polar surface area (TPSA) is 63.2 Å². The molecule has 6 nitrogen and oxygen atoms in total. The van der Waals surface area contributed by atoms with Crippen molar-refractivity contribution in [2.45, 2.75) is 143 Å². The van der Waals surface area contributed by atoms with Gasteiger partial charge in [0, 0.05) is 19.6 Å². The third-order valence-electron chi connectivity index (χ3n) is 7.59. The number of carbonyl (C=O) groups excluding carboxylic acids is 1. The minimum absolute atomic E-state index is 0.0892. The number of unbranched alkanes of at least 4 members (excludes halogenated alkanes) is 9. The van der Waals surface area contributed by atoms with Crippen molar-refractivity contribution >= 4 is 5.97 Å². The Morgan fingerprint density at radius 2 is 0.950 bits per heavy atom. The van der Waals surface area contributed by atoms with Crippen LogP contribution in [0.15, 0.2) is 0 Å². The summed E-state index contributed by atoms with van der Waals surface area (Å²) < 4.78 is 28.1. The molecule has 0 saturated carbocycles. The van der Waals surface area contributed by atoms with Crippen molar-refractivity contribution in [2.75, 3.05) is 59.5 Å². The van der Waals surface area contributed by atoms with Crippen LogP contribution in [-0.2, 0) is 28.5 Å². The standard InChI is InChI=1S/C34H68O6/c1-5-9-12-14-15-17-21-33(20-16-13-10-6-2)31-40-34(35)22-18-23-36-24-25-37-26-27-38-28-29-39-30-32(8-4)19-11-7-3/h32-33H,5-31H2,1-4H3. The van der Waals surface area contributed by atoms with E-state index in [1.165, 1.54) is 103 Å². The van der Waals surface area contributed by atoms with Gasteiger partial charge in [-0.25, -0.2) is 0 Å². The van der Waals surface area contributed by atoms with Gasteiger partial charge in [-0.3, -0.25) is 4.79 Å². The highest BCUT2D eigenvalue weighted by molar-refractivity contribution is 5.69. The van der Waals surface area contributed by atoms with Crippen molar-refractivity contribution < 1.29 is 28.5 Å². The van der Waals surface area contributed by atoms with Crippen LogP contribution >= 0.6 is 0 Å². The monoisotopic (exact) mass is 573 g/mol. The first-order chi connectivity index (χ1) is 19.7. The molecule has 0 aliphatic heterocycles. The lowest BCUT2D eigenvalue weighted by Crippen LogP contribution is -2.15. The van der Waals surface area contributed by atoms with Crippen LogP contribution < -0.4 is 0 Å². The first kappa shape index (κ1) is 39.3. The van der Waals surface area contributed by atoms with Gasteiger partial charge in [0.05, 0.1) is 46.2 Å². The van der Waals surface area contributed by atoms with Crippen molar-refractivity contribution in [1.29, 1.82) is 0 Å². The molecule has 6 heteroatoms. The van der Waals surface area contributed by atoms with E-state index in [2.05, 4.69) is 27.7 Å². The number of hydrogen-bond donors (Lipinski definition) is 0. The van der Waals surface area contributed by atoms with Crippen LogP contribution in [-0.4, -0.2) is 65.4 Å². The van der Waals surface area contributed by atoms with Crippen molar-refractivity contribution in [1.82, 2.24) is 0 Å². The second-order valence-electron chi connectivity index (χ2n) is 11.4. The van der Waals surface area contributed by atoms with E-state index in [4.69, 9.17) is 23.7 Å². The van der Waals surface area contributed by atoms with Crippen molar-refractivity contribution in [3.05, 3.63) is 0 Å². The quantitative estimate of drug-likeness (QED) is 0.0578. The largest absolute Gasteiger partial charge is 0.465 e. The molecule has 0 fully saturated rings. The van der Waals surface area contributed by atoms with Crippen molar-refractivity contribution in [2.24, 2.45) is 11.8 Å². The fourth-order valence-corrected chi connectivity index (χ4v) is 4.79. The number of rotatable bonds is 33. The SMILES string of the molecule is CCCCCCCCC(CCCCCC)COC(=O)CCCOCCOCCOCCOCC(CC)CCCC. The van der Waals surface area contributed by atoms with E-state index >= 15 is 0 Å². The maximum atomic E-state index is 12.2. The summed E-state index contributed by atoms with van der Waals surface area (Å²) in [5.41, 5.74) is 0. The minimum atomic E-state index is -0.0892. The maximum absolute atomic E-state index is 12.2. The smallest absolute Gasteiger partial charge is 0.305 e. The molecular weight excluding hydrogens is 504 g/mol. The van der Waals surface area contributed by atoms with Gasteiger partial charge in [0.2, 0.25) is 0 Å². The number of esters is 1. The summed E-state index contributed by atoms with van der Waals surface area (Å²) in [6, 6.07) is 0. The summed E-state index contributed by atoms with van der Waals surface area (Å²) >= 11 is 0. The number of ether oxygens (including phenoxy) is 5. The third kappa shape index (κ3) is 28.8. The zero-order valence-corrected chi connectivity index (χ0v) is 27.2. The van der Waals surface area contributed by atoms with Gasteiger partial charge >= 0.3 is 5.97 Å². The summed E-state index contributed by atoms with van der Waals surface area (Å²) in [5.74, 6) is 1.10. The molecule has 240 valence electrons. The van der Waals surface area contributed by atoms with Crippen LogP contribution in [0.2, 0.25) is 0 Å². The summed E-state index contributed by atoms with van der Waals surface area (Å²) in [7, 11) is 0. The number of carbonyl (C=O) groups is 1. The maximum Gasteiger partial charge on any atom is 0.305 e. The van der Waals surface area contributed by atoms with E-state index in [9.17, 15) is 4.79 Å². The molecule has 0 heterocycles. The predicted octanol–water partition coefficient (Wildman–Crippen LogP) is 8.93. The molecular formula is C34H68O6. The van der Waals surface area contributed by atoms with E-state index in [0.717, 1.165) is 6.61 Å². The van der Waals surface area contributed by atoms with Gasteiger partial charge in [-0.2, -0.15) is 0 Å². The Balaban J connectivity index is 3.66. The van der Waals surface area contributed by atoms with E-state index in [1.54, 1.807) is 0 Å². The lowest BCUT2D eigenvalue weighted by atomic mass is 9.95. The normalized spacial score (nSPS) is 13.0. The molecule has 0 N–H and O–H groups in total. The number of hydrogen-bond acceptors (Lipinski definition) is 6. The Hall–Kier alpha value is -0.690. The zero-order valence-electron chi connectivity index (χ0n) is 27.2. The second kappa shape index (κ2) is 32.8. The van der Waals surface area contributed by atoms with Gasteiger partial charge in [0.25, 0.3) is 0 Å². The zero-order chi connectivity index (χ0) is 29.4. The molecule has 2 atom stereocenters. The lowest BCUT2D eigenvalue weighted by molar-refractivity contribution is -0.145. The van der Waals surface area contributed by atoms with Crippen LogP contribution in [0.1, 0.15) is 143 Å². The molecule has 0 aromatic rings. The van der Waals surface area contributed by atoms with E-state index in [-0.39, 0.29) is 5.97 Å². The van der Waals surface area contributed by atoms with Gasteiger partial charge in [0.1, 0.15) is 0 Å². The van der Waals surface area contributed by atoms with Crippen LogP contribution in [0.3, 0.4) is 0 Å². The summed E-state index contributed by atoms with van der Waals surface area (Å²) in [5, 5.41) is 0. The molecule has 0 bridgehead atoms. The molecule has 0 rings (SSSR count). The predicted molar refractivity (Wildman–Crippen MR) is 167 cm³/mol. The van der Waals surface area contributed by atoms with E-state index in [0.29, 0.717) is 77.5 Å². The molecule has 0 aliphatic carbocycles. The average Bonchev–Trinajstić information content (AvgIpc) is 2.96. The van der Waals surface area contributed by atoms with Gasteiger partial charge in [0.15, 0.2) is 0 Å². The van der Waals surface area contributed by atoms with Crippen LogP contribution in [0, 0.1) is 11.8 Å². The Morgan fingerprint density at radius 3 is 1.52 bits per heavy atom.